The molecule has 0 saturated heterocycles. The van der Waals surface area contributed by atoms with Crippen molar-refractivity contribution >= 4 is 11.9 Å². The van der Waals surface area contributed by atoms with Crippen molar-refractivity contribution in [2.45, 2.75) is 32.4 Å². The van der Waals surface area contributed by atoms with Crippen molar-refractivity contribution in [3.05, 3.63) is 35.4 Å². The summed E-state index contributed by atoms with van der Waals surface area (Å²) in [6, 6.07) is 7.10. The molecule has 104 valence electrons. The van der Waals surface area contributed by atoms with Crippen LogP contribution in [0.15, 0.2) is 24.3 Å². The van der Waals surface area contributed by atoms with Crippen LogP contribution in [0.1, 0.15) is 30.9 Å². The average Bonchev–Trinajstić information content (AvgIpc) is 2.43. The smallest absolute Gasteiger partial charge is 0.310 e. The summed E-state index contributed by atoms with van der Waals surface area (Å²) < 4.78 is 0. The van der Waals surface area contributed by atoms with Gasteiger partial charge in [-0.15, -0.1) is 0 Å². The monoisotopic (exact) mass is 264 g/mol. The Hall–Kier alpha value is -1.88. The molecule has 0 aliphatic heterocycles. The molecule has 2 atom stereocenters. The molecule has 0 saturated carbocycles. The van der Waals surface area contributed by atoms with Gasteiger partial charge in [0.2, 0.25) is 5.91 Å². The van der Waals surface area contributed by atoms with Crippen molar-refractivity contribution in [1.82, 2.24) is 10.6 Å². The Bertz CT molecular complexity index is 443. The Labute approximate surface area is 113 Å². The van der Waals surface area contributed by atoms with Crippen LogP contribution in [-0.4, -0.2) is 30.1 Å². The molecule has 1 aromatic rings. The van der Waals surface area contributed by atoms with E-state index in [1.54, 1.807) is 33.0 Å². The molecule has 1 aromatic carbocycles. The fourth-order valence-corrected chi connectivity index (χ4v) is 1.65. The Morgan fingerprint density at radius 1 is 1.21 bits per heavy atom. The topological polar surface area (TPSA) is 78.4 Å². The molecule has 0 bridgehead atoms. The lowest BCUT2D eigenvalue weighted by molar-refractivity contribution is -0.138. The van der Waals surface area contributed by atoms with Crippen molar-refractivity contribution in [2.24, 2.45) is 0 Å². The predicted octanol–water partition coefficient (Wildman–Crippen LogP) is 1.10. The number of nitrogens with one attached hydrogen (secondary N) is 2. The summed E-state index contributed by atoms with van der Waals surface area (Å²) in [5, 5.41) is 14.6. The number of carboxylic acid groups (broad SMARTS) is 1. The van der Waals surface area contributed by atoms with Crippen LogP contribution in [-0.2, 0) is 16.1 Å². The molecule has 0 fully saturated rings. The van der Waals surface area contributed by atoms with E-state index in [0.717, 1.165) is 11.1 Å². The van der Waals surface area contributed by atoms with E-state index in [0.29, 0.717) is 6.54 Å². The Morgan fingerprint density at radius 2 is 1.79 bits per heavy atom. The third-order valence-electron chi connectivity index (χ3n) is 3.10. The molecule has 0 aliphatic carbocycles. The van der Waals surface area contributed by atoms with E-state index in [9.17, 15) is 9.59 Å². The van der Waals surface area contributed by atoms with Gasteiger partial charge < -0.3 is 15.7 Å². The van der Waals surface area contributed by atoms with Gasteiger partial charge in [-0.3, -0.25) is 9.59 Å². The Morgan fingerprint density at radius 3 is 2.26 bits per heavy atom. The largest absolute Gasteiger partial charge is 0.481 e. The quantitative estimate of drug-likeness (QED) is 0.719. The average molecular weight is 264 g/mol. The number of carbonyl (C=O) groups excluding carboxylic acids is 1. The maximum Gasteiger partial charge on any atom is 0.310 e. The van der Waals surface area contributed by atoms with Gasteiger partial charge in [-0.1, -0.05) is 24.3 Å². The number of aliphatic carboxylic acids is 1. The van der Waals surface area contributed by atoms with Gasteiger partial charge in [0.15, 0.2) is 0 Å². The molecule has 5 heteroatoms. The third-order valence-corrected chi connectivity index (χ3v) is 3.10. The van der Waals surface area contributed by atoms with Gasteiger partial charge in [-0.05, 0) is 25.0 Å². The highest BCUT2D eigenvalue weighted by Crippen LogP contribution is 2.16. The summed E-state index contributed by atoms with van der Waals surface area (Å²) in [5.74, 6) is -1.40. The summed E-state index contributed by atoms with van der Waals surface area (Å²) >= 11 is 0. The zero-order chi connectivity index (χ0) is 14.4. The number of rotatable bonds is 6. The summed E-state index contributed by atoms with van der Waals surface area (Å²) in [6.07, 6.45) is 0. The summed E-state index contributed by atoms with van der Waals surface area (Å²) in [7, 11) is 1.60. The molecule has 19 heavy (non-hydrogen) atoms. The lowest BCUT2D eigenvalue weighted by atomic mass is 10.00. The van der Waals surface area contributed by atoms with Crippen molar-refractivity contribution in [3.8, 4) is 0 Å². The standard InChI is InChI=1S/C14H20N2O3/c1-9(14(18)19)12-6-4-11(5-7-12)8-16-10(2)13(17)15-3/h4-7,9-10,16H,8H2,1-3H3,(H,15,17)(H,18,19). The first-order valence-corrected chi connectivity index (χ1v) is 6.22. The molecular weight excluding hydrogens is 244 g/mol. The number of hydrogen-bond acceptors (Lipinski definition) is 3. The highest BCUT2D eigenvalue weighted by atomic mass is 16.4. The van der Waals surface area contributed by atoms with E-state index in [4.69, 9.17) is 5.11 Å². The van der Waals surface area contributed by atoms with Gasteiger partial charge in [0.25, 0.3) is 0 Å². The minimum atomic E-state index is -0.834. The number of benzene rings is 1. The maximum absolute atomic E-state index is 11.3. The molecule has 0 aromatic heterocycles. The maximum atomic E-state index is 11.3. The van der Waals surface area contributed by atoms with Crippen LogP contribution < -0.4 is 10.6 Å². The van der Waals surface area contributed by atoms with E-state index in [1.807, 2.05) is 12.1 Å². The number of carbonyl (C=O) groups is 2. The first-order chi connectivity index (χ1) is 8.95. The van der Waals surface area contributed by atoms with Gasteiger partial charge in [-0.25, -0.2) is 0 Å². The molecule has 5 nitrogen and oxygen atoms in total. The van der Waals surface area contributed by atoms with Gasteiger partial charge >= 0.3 is 5.97 Å². The van der Waals surface area contributed by atoms with Gasteiger partial charge in [0, 0.05) is 13.6 Å². The first kappa shape index (κ1) is 15.2. The number of amides is 1. The van der Waals surface area contributed by atoms with Crippen LogP contribution in [0.5, 0.6) is 0 Å². The van der Waals surface area contributed by atoms with Crippen LogP contribution in [0.3, 0.4) is 0 Å². The Kier molecular flexibility index (Phi) is 5.51. The van der Waals surface area contributed by atoms with E-state index >= 15 is 0 Å². The highest BCUT2D eigenvalue weighted by molar-refractivity contribution is 5.80. The van der Waals surface area contributed by atoms with Crippen molar-refractivity contribution < 1.29 is 14.7 Å². The summed E-state index contributed by atoms with van der Waals surface area (Å²) in [6.45, 7) is 4.01. The molecule has 0 spiro atoms. The van der Waals surface area contributed by atoms with Crippen LogP contribution in [0.4, 0.5) is 0 Å². The van der Waals surface area contributed by atoms with E-state index in [2.05, 4.69) is 10.6 Å². The second kappa shape index (κ2) is 6.89. The zero-order valence-electron chi connectivity index (χ0n) is 11.4. The predicted molar refractivity (Wildman–Crippen MR) is 72.9 cm³/mol. The highest BCUT2D eigenvalue weighted by Gasteiger charge is 2.13. The second-order valence-corrected chi connectivity index (χ2v) is 4.52. The SMILES string of the molecule is CNC(=O)C(C)NCc1ccc(C(C)C(=O)O)cc1. The van der Waals surface area contributed by atoms with Gasteiger partial charge in [-0.2, -0.15) is 0 Å². The third kappa shape index (κ3) is 4.37. The molecule has 0 radical (unpaired) electrons. The minimum absolute atomic E-state index is 0.0591. The van der Waals surface area contributed by atoms with E-state index in [-0.39, 0.29) is 11.9 Å². The molecule has 3 N–H and O–H groups in total. The van der Waals surface area contributed by atoms with Crippen LogP contribution in [0, 0.1) is 0 Å². The second-order valence-electron chi connectivity index (χ2n) is 4.52. The molecule has 0 aliphatic rings. The molecule has 1 amide bonds. The van der Waals surface area contributed by atoms with Crippen LogP contribution in [0.2, 0.25) is 0 Å². The lowest BCUT2D eigenvalue weighted by Gasteiger charge is -2.13. The van der Waals surface area contributed by atoms with Gasteiger partial charge in [0.05, 0.1) is 12.0 Å². The number of carboxylic acids is 1. The first-order valence-electron chi connectivity index (χ1n) is 6.22. The van der Waals surface area contributed by atoms with Crippen molar-refractivity contribution in [2.75, 3.05) is 7.05 Å². The summed E-state index contributed by atoms with van der Waals surface area (Å²) in [4.78, 5) is 22.2. The lowest BCUT2D eigenvalue weighted by Crippen LogP contribution is -2.40. The number of likely N-dealkylation sites (N-methyl/N-ethyl adjacent to an activating group) is 1. The normalized spacial score (nSPS) is 13.6. The molecule has 2 unspecified atom stereocenters. The summed E-state index contributed by atoms with van der Waals surface area (Å²) in [5.41, 5.74) is 1.78. The number of hydrogen-bond donors (Lipinski definition) is 3. The van der Waals surface area contributed by atoms with E-state index in [1.165, 1.54) is 0 Å². The fourth-order valence-electron chi connectivity index (χ4n) is 1.65. The van der Waals surface area contributed by atoms with Gasteiger partial charge in [0.1, 0.15) is 0 Å². The van der Waals surface area contributed by atoms with E-state index < -0.39 is 11.9 Å². The van der Waals surface area contributed by atoms with Crippen LogP contribution in [0.25, 0.3) is 0 Å². The molecular formula is C14H20N2O3. The zero-order valence-corrected chi connectivity index (χ0v) is 11.4. The van der Waals surface area contributed by atoms with Crippen LogP contribution >= 0.6 is 0 Å². The molecule has 0 heterocycles. The van der Waals surface area contributed by atoms with Crippen molar-refractivity contribution in [1.29, 1.82) is 0 Å². The fraction of sp³-hybridized carbons (Fsp3) is 0.429. The molecule has 1 rings (SSSR count). The van der Waals surface area contributed by atoms with Crippen molar-refractivity contribution in [3.63, 3.8) is 0 Å². The minimum Gasteiger partial charge on any atom is -0.481 e. The Balaban J connectivity index is 2.58.